The fourth-order valence-corrected chi connectivity index (χ4v) is 5.17. The van der Waals surface area contributed by atoms with Crippen LogP contribution >= 0.6 is 0 Å². The van der Waals surface area contributed by atoms with E-state index in [1.54, 1.807) is 36.4 Å². The molecule has 0 spiro atoms. The number of nitrogens with one attached hydrogen (secondary N) is 1. The normalized spacial score (nSPS) is 17.7. The van der Waals surface area contributed by atoms with Crippen molar-refractivity contribution in [2.45, 2.75) is 49.5 Å². The monoisotopic (exact) mass is 456 g/mol. The number of nitrogens with zero attached hydrogens (tertiary/aromatic N) is 3. The smallest absolute Gasteiger partial charge is 0.285 e. The largest absolute Gasteiger partial charge is 0.353 e. The van der Waals surface area contributed by atoms with Gasteiger partial charge < -0.3 is 5.32 Å². The summed E-state index contributed by atoms with van der Waals surface area (Å²) in [6, 6.07) is 12.8. The number of halogens is 1. The van der Waals surface area contributed by atoms with Crippen LogP contribution < -0.4 is 5.32 Å². The highest BCUT2D eigenvalue weighted by Crippen LogP contribution is 2.27. The van der Waals surface area contributed by atoms with Crippen LogP contribution in [0.1, 0.15) is 49.7 Å². The molecule has 1 saturated carbocycles. The Morgan fingerprint density at radius 1 is 1.12 bits per heavy atom. The molecule has 32 heavy (non-hydrogen) atoms. The van der Waals surface area contributed by atoms with E-state index in [0.29, 0.717) is 5.56 Å². The second kappa shape index (κ2) is 9.60. The van der Waals surface area contributed by atoms with Gasteiger partial charge in [-0.05, 0) is 31.0 Å². The summed E-state index contributed by atoms with van der Waals surface area (Å²) in [5.74, 6) is -0.455. The minimum absolute atomic E-state index is 0.0905. The van der Waals surface area contributed by atoms with Crippen LogP contribution in [-0.4, -0.2) is 44.0 Å². The maximum absolute atomic E-state index is 14.1. The first-order chi connectivity index (χ1) is 15.4. The van der Waals surface area contributed by atoms with Crippen molar-refractivity contribution < 1.29 is 17.6 Å². The lowest BCUT2D eigenvalue weighted by molar-refractivity contribution is -0.122. The summed E-state index contributed by atoms with van der Waals surface area (Å²) in [4.78, 5) is 12.6. The summed E-state index contributed by atoms with van der Waals surface area (Å²) in [6.45, 7) is 0.103. The number of fused-ring (bicyclic) bond motifs is 1. The molecule has 2 aromatic rings. The zero-order valence-corrected chi connectivity index (χ0v) is 18.4. The molecule has 1 N–H and O–H groups in total. The number of hydrogen-bond donors (Lipinski definition) is 1. The maximum atomic E-state index is 14.1. The molecule has 4 rings (SSSR count). The van der Waals surface area contributed by atoms with Crippen LogP contribution in [0, 0.1) is 5.82 Å². The topological polar surface area (TPSA) is 91.2 Å². The number of carbonyl (C=O) groups excluding carboxylic acids is 1. The van der Waals surface area contributed by atoms with Gasteiger partial charge in [0.15, 0.2) is 5.84 Å². The van der Waals surface area contributed by atoms with Crippen LogP contribution in [0.2, 0.25) is 0 Å². The van der Waals surface area contributed by atoms with Crippen LogP contribution in [0.4, 0.5) is 4.39 Å². The molecular weight excluding hydrogens is 431 g/mol. The Morgan fingerprint density at radius 2 is 1.84 bits per heavy atom. The van der Waals surface area contributed by atoms with Gasteiger partial charge in [0.05, 0.1) is 12.8 Å². The van der Waals surface area contributed by atoms with Crippen molar-refractivity contribution >= 4 is 28.0 Å². The van der Waals surface area contributed by atoms with Crippen molar-refractivity contribution in [1.82, 2.24) is 10.3 Å². The third-order valence-corrected chi connectivity index (χ3v) is 6.94. The first kappa shape index (κ1) is 22.1. The van der Waals surface area contributed by atoms with Gasteiger partial charge in [-0.15, -0.1) is 4.40 Å². The summed E-state index contributed by atoms with van der Waals surface area (Å²) < 4.78 is 42.9. The van der Waals surface area contributed by atoms with Crippen molar-refractivity contribution in [2.24, 2.45) is 9.50 Å². The molecule has 1 amide bonds. The summed E-state index contributed by atoms with van der Waals surface area (Å²) in [5.41, 5.74) is 0.657. The quantitative estimate of drug-likeness (QED) is 0.532. The number of amides is 1. The summed E-state index contributed by atoms with van der Waals surface area (Å²) >= 11 is 0. The number of hydrogen-bond acceptors (Lipinski definition) is 5. The lowest BCUT2D eigenvalue weighted by atomic mass is 9.95. The van der Waals surface area contributed by atoms with Crippen molar-refractivity contribution in [3.8, 4) is 0 Å². The van der Waals surface area contributed by atoms with Crippen molar-refractivity contribution in [2.75, 3.05) is 6.54 Å². The highest BCUT2D eigenvalue weighted by molar-refractivity contribution is 7.90. The Balaban J connectivity index is 1.56. The average molecular weight is 457 g/mol. The fraction of sp³-hybridized carbons (Fsp3) is 0.348. The van der Waals surface area contributed by atoms with Gasteiger partial charge in [-0.3, -0.25) is 4.79 Å². The van der Waals surface area contributed by atoms with Crippen LogP contribution in [0.25, 0.3) is 0 Å². The third-order valence-electron chi connectivity index (χ3n) is 5.62. The van der Waals surface area contributed by atoms with Gasteiger partial charge in [0, 0.05) is 23.6 Å². The Morgan fingerprint density at radius 3 is 2.62 bits per heavy atom. The predicted molar refractivity (Wildman–Crippen MR) is 120 cm³/mol. The molecule has 1 aliphatic carbocycles. The molecule has 0 unspecified atom stereocenters. The molecule has 0 bridgehead atoms. The van der Waals surface area contributed by atoms with E-state index in [1.807, 2.05) is 0 Å². The van der Waals surface area contributed by atoms with Crippen molar-refractivity contribution in [3.05, 3.63) is 65.5 Å². The van der Waals surface area contributed by atoms with E-state index in [-0.39, 0.29) is 41.2 Å². The second-order valence-electron chi connectivity index (χ2n) is 7.93. The average Bonchev–Trinajstić information content (AvgIpc) is 3.06. The molecular formula is C23H25FN4O3S. The molecule has 168 valence electrons. The number of sulfonamides is 1. The molecule has 7 nitrogen and oxygen atoms in total. The molecule has 0 atom stereocenters. The molecule has 0 radical (unpaired) electrons. The molecule has 2 aliphatic rings. The highest BCUT2D eigenvalue weighted by Gasteiger charge is 2.32. The Kier molecular flexibility index (Phi) is 6.64. The Bertz CT molecular complexity index is 1160. The summed E-state index contributed by atoms with van der Waals surface area (Å²) in [5, 5.41) is 8.72. The first-order valence-electron chi connectivity index (χ1n) is 10.7. The highest BCUT2D eigenvalue weighted by atomic mass is 32.2. The Hall–Kier alpha value is -3.07. The van der Waals surface area contributed by atoms with Gasteiger partial charge in [0.1, 0.15) is 10.7 Å². The van der Waals surface area contributed by atoms with E-state index in [0.717, 1.165) is 25.7 Å². The summed E-state index contributed by atoms with van der Waals surface area (Å²) in [7, 11) is -3.85. The predicted octanol–water partition coefficient (Wildman–Crippen LogP) is 3.45. The van der Waals surface area contributed by atoms with Crippen LogP contribution in [0.15, 0.2) is 62.9 Å². The van der Waals surface area contributed by atoms with Crippen LogP contribution in [0.5, 0.6) is 0 Å². The summed E-state index contributed by atoms with van der Waals surface area (Å²) in [6.07, 6.45) is 6.76. The molecule has 1 aliphatic heterocycles. The van der Waals surface area contributed by atoms with E-state index in [9.17, 15) is 17.6 Å². The number of benzene rings is 2. The fourth-order valence-electron chi connectivity index (χ4n) is 3.96. The zero-order chi connectivity index (χ0) is 22.6. The van der Waals surface area contributed by atoms with Gasteiger partial charge in [-0.25, -0.2) is 9.40 Å². The van der Waals surface area contributed by atoms with Crippen molar-refractivity contribution in [1.29, 1.82) is 0 Å². The molecule has 1 heterocycles. The number of carbonyl (C=O) groups is 1. The van der Waals surface area contributed by atoms with Gasteiger partial charge >= 0.3 is 0 Å². The lowest BCUT2D eigenvalue weighted by Crippen LogP contribution is -2.38. The molecule has 1 fully saturated rings. The van der Waals surface area contributed by atoms with E-state index >= 15 is 0 Å². The maximum Gasteiger partial charge on any atom is 0.285 e. The van der Waals surface area contributed by atoms with E-state index in [2.05, 4.69) is 14.8 Å². The standard InChI is InChI=1S/C23H25FN4O3S/c24-20-12-6-4-8-17(20)16-25-28(15-14-22(29)26-18-9-2-1-3-10-18)23-19-11-5-7-13-21(19)32(30,31)27-23/h4-8,11-13,16,18H,1-3,9-10,14-15H2,(H,26,29)/b25-16+. The van der Waals surface area contributed by atoms with Crippen LogP contribution in [0.3, 0.4) is 0 Å². The van der Waals surface area contributed by atoms with E-state index in [1.165, 1.54) is 29.8 Å². The lowest BCUT2D eigenvalue weighted by Gasteiger charge is -2.24. The molecule has 2 aromatic carbocycles. The Labute approximate surface area is 187 Å². The number of rotatable bonds is 6. The van der Waals surface area contributed by atoms with E-state index in [4.69, 9.17) is 0 Å². The minimum atomic E-state index is -3.85. The van der Waals surface area contributed by atoms with E-state index < -0.39 is 15.8 Å². The first-order valence-corrected chi connectivity index (χ1v) is 12.2. The molecule has 0 saturated heterocycles. The number of amidine groups is 1. The zero-order valence-electron chi connectivity index (χ0n) is 17.6. The van der Waals surface area contributed by atoms with Crippen molar-refractivity contribution in [3.63, 3.8) is 0 Å². The van der Waals surface area contributed by atoms with Crippen LogP contribution in [-0.2, 0) is 14.8 Å². The minimum Gasteiger partial charge on any atom is -0.353 e. The number of hydrazone groups is 1. The van der Waals surface area contributed by atoms with Gasteiger partial charge in [0.25, 0.3) is 10.0 Å². The van der Waals surface area contributed by atoms with Gasteiger partial charge in [0.2, 0.25) is 5.91 Å². The third kappa shape index (κ3) is 5.04. The van der Waals surface area contributed by atoms with Gasteiger partial charge in [-0.2, -0.15) is 13.5 Å². The molecule has 0 aromatic heterocycles. The van der Waals surface area contributed by atoms with Gasteiger partial charge in [-0.1, -0.05) is 49.6 Å². The SMILES string of the molecule is O=C(CCN(/N=C/c1ccccc1F)C1=NS(=O)(=O)c2ccccc21)NC1CCCCC1. The second-order valence-corrected chi connectivity index (χ2v) is 9.50. The molecule has 9 heteroatoms.